The Morgan fingerprint density at radius 1 is 1.15 bits per heavy atom. The van der Waals surface area contributed by atoms with Crippen molar-refractivity contribution in [3.05, 3.63) is 62.3 Å². The van der Waals surface area contributed by atoms with Gasteiger partial charge in [-0.2, -0.15) is 28.5 Å². The number of thiophene rings is 1. The van der Waals surface area contributed by atoms with Gasteiger partial charge in [-0.15, -0.1) is 11.3 Å². The second-order valence-electron chi connectivity index (χ2n) is 8.99. The van der Waals surface area contributed by atoms with E-state index in [1.54, 1.807) is 24.9 Å². The number of nitrogens with one attached hydrogen (secondary N) is 1. The summed E-state index contributed by atoms with van der Waals surface area (Å²) in [5.74, 6) is -1.62. The number of aromatic nitrogens is 7. The van der Waals surface area contributed by atoms with Gasteiger partial charge in [0.25, 0.3) is 11.8 Å². The van der Waals surface area contributed by atoms with Crippen LogP contribution in [0.1, 0.15) is 42.9 Å². The van der Waals surface area contributed by atoms with Crippen molar-refractivity contribution in [2.75, 3.05) is 5.32 Å². The van der Waals surface area contributed by atoms with Gasteiger partial charge in [-0.3, -0.25) is 19.0 Å². The van der Waals surface area contributed by atoms with Crippen molar-refractivity contribution in [3.63, 3.8) is 0 Å². The Hall–Kier alpha value is -4.05. The number of hydrogen-bond acceptors (Lipinski definition) is 7. The van der Waals surface area contributed by atoms with Crippen LogP contribution >= 0.6 is 27.3 Å². The highest BCUT2D eigenvalue weighted by Gasteiger charge is 2.35. The van der Waals surface area contributed by atoms with E-state index in [0.29, 0.717) is 22.6 Å². The number of halogens is 4. The molecule has 0 bridgehead atoms. The summed E-state index contributed by atoms with van der Waals surface area (Å²) in [7, 11) is 1.65. The number of rotatable bonds is 6. The minimum atomic E-state index is -4.76. The zero-order valence-electron chi connectivity index (χ0n) is 21.5. The number of hydrogen-bond donors (Lipinski definition) is 2. The third kappa shape index (κ3) is 4.77. The van der Waals surface area contributed by atoms with E-state index in [0.717, 1.165) is 21.9 Å². The average molecular weight is 636 g/mol. The first-order valence-corrected chi connectivity index (χ1v) is 13.2. The number of amides is 2. The van der Waals surface area contributed by atoms with Crippen molar-refractivity contribution in [1.82, 2.24) is 34.3 Å². The number of nitrogens with zero attached hydrogens (tertiary/aromatic N) is 7. The van der Waals surface area contributed by atoms with E-state index in [-0.39, 0.29) is 38.7 Å². The highest BCUT2D eigenvalue weighted by Crippen LogP contribution is 2.44. The van der Waals surface area contributed by atoms with Crippen LogP contribution in [0, 0.1) is 20.8 Å². The van der Waals surface area contributed by atoms with Crippen LogP contribution in [0.3, 0.4) is 0 Å². The summed E-state index contributed by atoms with van der Waals surface area (Å²) in [6, 6.07) is 2.35. The fourth-order valence-electron chi connectivity index (χ4n) is 4.20. The molecule has 3 N–H and O–H groups in total. The fourth-order valence-corrected chi connectivity index (χ4v) is 5.49. The number of carbonyl (C=O) groups excluding carboxylic acids is 2. The van der Waals surface area contributed by atoms with Crippen molar-refractivity contribution in [2.24, 2.45) is 12.8 Å². The molecule has 0 fully saturated rings. The Labute approximate surface area is 236 Å². The smallest absolute Gasteiger partial charge is 0.365 e. The third-order valence-corrected chi connectivity index (χ3v) is 8.63. The largest absolute Gasteiger partial charge is 0.433 e. The maximum atomic E-state index is 13.8. The molecule has 0 aromatic carbocycles. The van der Waals surface area contributed by atoms with Crippen LogP contribution in [0.4, 0.5) is 18.9 Å². The molecular formula is C24H21BrF3N9O2S. The monoisotopic (exact) mass is 635 g/mol. The first-order chi connectivity index (χ1) is 18.8. The fraction of sp³-hybridized carbons (Fsp3) is 0.250. The molecule has 0 saturated heterocycles. The molecule has 5 rings (SSSR count). The molecule has 0 aliphatic rings. The number of pyridine rings is 1. The summed E-state index contributed by atoms with van der Waals surface area (Å²) in [6.45, 7) is 5.66. The van der Waals surface area contributed by atoms with Crippen LogP contribution < -0.4 is 11.1 Å². The molecule has 5 heterocycles. The van der Waals surface area contributed by atoms with Crippen LogP contribution in [0.2, 0.25) is 0 Å². The average Bonchev–Trinajstić information content (AvgIpc) is 3.63. The molecule has 0 saturated carbocycles. The first-order valence-electron chi connectivity index (χ1n) is 11.6. The van der Waals surface area contributed by atoms with E-state index >= 15 is 0 Å². The van der Waals surface area contributed by atoms with Crippen molar-refractivity contribution < 1.29 is 22.8 Å². The molecule has 5 aromatic heterocycles. The lowest BCUT2D eigenvalue weighted by atomic mass is 10.0. The first kappa shape index (κ1) is 27.5. The van der Waals surface area contributed by atoms with Crippen molar-refractivity contribution in [2.45, 2.75) is 33.6 Å². The second kappa shape index (κ2) is 9.85. The van der Waals surface area contributed by atoms with Crippen molar-refractivity contribution in [3.8, 4) is 11.1 Å². The normalized spacial score (nSPS) is 11.9. The Bertz CT molecular complexity index is 1820. The summed E-state index contributed by atoms with van der Waals surface area (Å²) >= 11 is 4.13. The van der Waals surface area contributed by atoms with E-state index in [4.69, 9.17) is 5.73 Å². The summed E-state index contributed by atoms with van der Waals surface area (Å²) in [4.78, 5) is 29.1. The van der Waals surface area contributed by atoms with Gasteiger partial charge in [0, 0.05) is 29.9 Å². The number of alkyl halides is 3. The van der Waals surface area contributed by atoms with E-state index in [1.165, 1.54) is 21.6 Å². The van der Waals surface area contributed by atoms with Gasteiger partial charge in [-0.05, 0) is 54.4 Å². The summed E-state index contributed by atoms with van der Waals surface area (Å²) < 4.78 is 46.9. The Morgan fingerprint density at radius 3 is 2.45 bits per heavy atom. The highest BCUT2D eigenvalue weighted by molar-refractivity contribution is 9.10. The molecule has 2 amide bonds. The lowest BCUT2D eigenvalue weighted by Gasteiger charge is -2.12. The standard InChI is InChI=1S/C24H21BrF3N9O2S/c1-10-18(25)12(3)37(33-10)9-36-6-5-15(34-36)22(39)32-19-17-13(14-8-30-35(4)11(14)2)7-16(24(26,27)28)31-23(17)40-20(19)21(29)38/h5-8H,9H2,1-4H3,(H2,29,38)(H,32,39). The van der Waals surface area contributed by atoms with Crippen LogP contribution in [-0.2, 0) is 19.9 Å². The van der Waals surface area contributed by atoms with Crippen LogP contribution in [0.5, 0.6) is 0 Å². The maximum Gasteiger partial charge on any atom is 0.433 e. The van der Waals surface area contributed by atoms with Crippen LogP contribution in [0.15, 0.2) is 29.0 Å². The molecule has 0 aliphatic heterocycles. The quantitative estimate of drug-likeness (QED) is 0.278. The summed E-state index contributed by atoms with van der Waals surface area (Å²) in [5.41, 5.74) is 7.11. The number of carbonyl (C=O) groups is 2. The molecule has 40 heavy (non-hydrogen) atoms. The predicted octanol–water partition coefficient (Wildman–Crippen LogP) is 4.65. The number of primary amides is 1. The van der Waals surface area contributed by atoms with Gasteiger partial charge in [0.2, 0.25) is 0 Å². The van der Waals surface area contributed by atoms with Crippen molar-refractivity contribution >= 4 is 55.0 Å². The van der Waals surface area contributed by atoms with Gasteiger partial charge in [-0.25, -0.2) is 9.67 Å². The van der Waals surface area contributed by atoms with Gasteiger partial charge in [0.05, 0.1) is 27.7 Å². The number of nitrogens with two attached hydrogens (primary N) is 1. The Balaban J connectivity index is 1.59. The molecule has 208 valence electrons. The number of fused-ring (bicyclic) bond motifs is 1. The second-order valence-corrected chi connectivity index (χ2v) is 10.8. The van der Waals surface area contributed by atoms with Gasteiger partial charge in [0.1, 0.15) is 22.1 Å². The van der Waals surface area contributed by atoms with E-state index in [1.807, 2.05) is 13.8 Å². The third-order valence-electron chi connectivity index (χ3n) is 6.39. The molecule has 0 aliphatic carbocycles. The van der Waals surface area contributed by atoms with Gasteiger partial charge < -0.3 is 11.1 Å². The van der Waals surface area contributed by atoms with Crippen LogP contribution in [0.25, 0.3) is 21.3 Å². The van der Waals surface area contributed by atoms with Crippen LogP contribution in [-0.4, -0.2) is 46.1 Å². The van der Waals surface area contributed by atoms with E-state index in [9.17, 15) is 22.8 Å². The van der Waals surface area contributed by atoms with E-state index in [2.05, 4.69) is 41.5 Å². The number of anilines is 1. The molecule has 0 spiro atoms. The molecule has 0 atom stereocenters. The Kier molecular flexibility index (Phi) is 6.78. The molecule has 11 nitrogen and oxygen atoms in total. The van der Waals surface area contributed by atoms with Gasteiger partial charge >= 0.3 is 6.18 Å². The molecule has 0 unspecified atom stereocenters. The topological polar surface area (TPSA) is 139 Å². The summed E-state index contributed by atoms with van der Waals surface area (Å²) in [5, 5.41) is 15.6. The molecular weight excluding hydrogens is 615 g/mol. The minimum Gasteiger partial charge on any atom is -0.365 e. The predicted molar refractivity (Wildman–Crippen MR) is 145 cm³/mol. The zero-order valence-corrected chi connectivity index (χ0v) is 23.9. The number of aryl methyl sites for hydroxylation is 2. The minimum absolute atomic E-state index is 0.00865. The van der Waals surface area contributed by atoms with E-state index < -0.39 is 23.7 Å². The SMILES string of the molecule is Cc1nn(Cn2ccc(C(=O)Nc3c(C(N)=O)sc4nc(C(F)(F)F)cc(-c5cnn(C)c5C)c34)n2)c(C)c1Br. The molecule has 0 radical (unpaired) electrons. The molecule has 16 heteroatoms. The van der Waals surface area contributed by atoms with Gasteiger partial charge in [-0.1, -0.05) is 0 Å². The molecule has 5 aromatic rings. The lowest BCUT2D eigenvalue weighted by Crippen LogP contribution is -2.18. The highest BCUT2D eigenvalue weighted by atomic mass is 79.9. The maximum absolute atomic E-state index is 13.8. The Morgan fingerprint density at radius 2 is 1.88 bits per heavy atom. The summed E-state index contributed by atoms with van der Waals surface area (Å²) in [6.07, 6.45) is -1.76. The van der Waals surface area contributed by atoms with Crippen molar-refractivity contribution in [1.29, 1.82) is 0 Å². The zero-order chi connectivity index (χ0) is 29.1. The van der Waals surface area contributed by atoms with Gasteiger partial charge in [0.15, 0.2) is 5.69 Å². The lowest BCUT2D eigenvalue weighted by molar-refractivity contribution is -0.140.